The zero-order chi connectivity index (χ0) is 14.2. The van der Waals surface area contributed by atoms with Gasteiger partial charge < -0.3 is 15.4 Å². The number of amides is 1. The highest BCUT2D eigenvalue weighted by molar-refractivity contribution is 5.95. The van der Waals surface area contributed by atoms with Crippen LogP contribution in [0.25, 0.3) is 0 Å². The molecule has 20 heavy (non-hydrogen) atoms. The van der Waals surface area contributed by atoms with Gasteiger partial charge in [-0.05, 0) is 50.8 Å². The van der Waals surface area contributed by atoms with Crippen LogP contribution in [0.5, 0.6) is 0 Å². The van der Waals surface area contributed by atoms with Crippen LogP contribution in [0, 0.1) is 0 Å². The fraction of sp³-hybridized carbons (Fsp3) is 0.562. The van der Waals surface area contributed by atoms with E-state index >= 15 is 0 Å². The Bertz CT molecular complexity index is 525. The molecule has 0 spiro atoms. The van der Waals surface area contributed by atoms with Gasteiger partial charge in [0.25, 0.3) is 5.91 Å². The van der Waals surface area contributed by atoms with Crippen molar-refractivity contribution in [3.05, 3.63) is 29.3 Å². The van der Waals surface area contributed by atoms with E-state index in [1.165, 1.54) is 5.56 Å². The van der Waals surface area contributed by atoms with E-state index in [1.54, 1.807) is 0 Å². The predicted molar refractivity (Wildman–Crippen MR) is 79.2 cm³/mol. The average Bonchev–Trinajstić information content (AvgIpc) is 2.84. The van der Waals surface area contributed by atoms with Crippen LogP contribution in [0.4, 0.5) is 5.69 Å². The third-order valence-corrected chi connectivity index (χ3v) is 4.11. The van der Waals surface area contributed by atoms with Crippen LogP contribution in [0.3, 0.4) is 0 Å². The Kier molecular flexibility index (Phi) is 3.42. The summed E-state index contributed by atoms with van der Waals surface area (Å²) in [6.07, 6.45) is 2.80. The number of nitrogens with one attached hydrogen (secondary N) is 2. The summed E-state index contributed by atoms with van der Waals surface area (Å²) >= 11 is 0. The van der Waals surface area contributed by atoms with Gasteiger partial charge >= 0.3 is 0 Å². The average molecular weight is 274 g/mol. The van der Waals surface area contributed by atoms with Crippen molar-refractivity contribution in [1.82, 2.24) is 5.32 Å². The summed E-state index contributed by atoms with van der Waals surface area (Å²) in [5.74, 6) is 0.0178. The molecule has 1 saturated heterocycles. The number of hydrogen-bond acceptors (Lipinski definition) is 3. The van der Waals surface area contributed by atoms with Crippen LogP contribution >= 0.6 is 0 Å². The first-order valence-electron chi connectivity index (χ1n) is 7.35. The quantitative estimate of drug-likeness (QED) is 0.870. The maximum absolute atomic E-state index is 12.3. The van der Waals surface area contributed by atoms with Gasteiger partial charge in [-0.3, -0.25) is 4.79 Å². The molecule has 2 aliphatic rings. The smallest absolute Gasteiger partial charge is 0.251 e. The molecule has 2 aliphatic heterocycles. The van der Waals surface area contributed by atoms with Crippen molar-refractivity contribution in [2.45, 2.75) is 44.8 Å². The number of rotatable bonds is 2. The Morgan fingerprint density at radius 2 is 2.30 bits per heavy atom. The van der Waals surface area contributed by atoms with Crippen LogP contribution in [-0.2, 0) is 11.2 Å². The molecular weight excluding hydrogens is 252 g/mol. The molecule has 1 atom stereocenters. The molecule has 1 aromatic carbocycles. The second-order valence-corrected chi connectivity index (χ2v) is 6.32. The van der Waals surface area contributed by atoms with Crippen molar-refractivity contribution in [2.24, 2.45) is 0 Å². The standard InChI is InChI=1S/C16H22N2O2/c1-16(2)10-13(6-8-20-16)18-15(19)12-4-3-11-5-7-17-14(11)9-12/h3-4,9,13,17H,5-8,10H2,1-2H3,(H,18,19). The number of carbonyl (C=O) groups is 1. The molecule has 3 rings (SSSR count). The number of fused-ring (bicyclic) bond motifs is 1. The van der Waals surface area contributed by atoms with Crippen molar-refractivity contribution in [1.29, 1.82) is 0 Å². The molecule has 0 aromatic heterocycles. The van der Waals surface area contributed by atoms with Gasteiger partial charge in [-0.25, -0.2) is 0 Å². The fourth-order valence-corrected chi connectivity index (χ4v) is 3.06. The number of carbonyl (C=O) groups excluding carboxylic acids is 1. The van der Waals surface area contributed by atoms with Gasteiger partial charge in [0.1, 0.15) is 0 Å². The Morgan fingerprint density at radius 1 is 1.45 bits per heavy atom. The molecule has 4 heteroatoms. The Hall–Kier alpha value is -1.55. The first-order valence-corrected chi connectivity index (χ1v) is 7.35. The summed E-state index contributed by atoms with van der Waals surface area (Å²) < 4.78 is 5.68. The number of hydrogen-bond donors (Lipinski definition) is 2. The summed E-state index contributed by atoms with van der Waals surface area (Å²) in [5, 5.41) is 6.45. The van der Waals surface area contributed by atoms with Gasteiger partial charge in [0.2, 0.25) is 0 Å². The molecule has 1 amide bonds. The Morgan fingerprint density at radius 3 is 3.10 bits per heavy atom. The molecule has 2 heterocycles. The van der Waals surface area contributed by atoms with Gasteiger partial charge in [-0.15, -0.1) is 0 Å². The lowest BCUT2D eigenvalue weighted by atomic mass is 9.93. The second kappa shape index (κ2) is 5.09. The molecule has 1 fully saturated rings. The minimum absolute atomic E-state index is 0.0178. The molecule has 1 aromatic rings. The zero-order valence-electron chi connectivity index (χ0n) is 12.2. The monoisotopic (exact) mass is 274 g/mol. The van der Waals surface area contributed by atoms with E-state index < -0.39 is 0 Å². The molecule has 0 aliphatic carbocycles. The summed E-state index contributed by atoms with van der Waals surface area (Å²) in [6.45, 7) is 5.83. The van der Waals surface area contributed by atoms with Crippen molar-refractivity contribution in [2.75, 3.05) is 18.5 Å². The minimum Gasteiger partial charge on any atom is -0.384 e. The van der Waals surface area contributed by atoms with E-state index in [9.17, 15) is 4.79 Å². The van der Waals surface area contributed by atoms with E-state index in [4.69, 9.17) is 4.74 Å². The minimum atomic E-state index is -0.143. The van der Waals surface area contributed by atoms with Gasteiger partial charge in [0, 0.05) is 30.4 Å². The lowest BCUT2D eigenvalue weighted by Crippen LogP contribution is -2.45. The molecule has 0 bridgehead atoms. The van der Waals surface area contributed by atoms with Gasteiger partial charge in [-0.2, -0.15) is 0 Å². The van der Waals surface area contributed by atoms with Gasteiger partial charge in [0.15, 0.2) is 0 Å². The van der Waals surface area contributed by atoms with E-state index in [-0.39, 0.29) is 17.6 Å². The van der Waals surface area contributed by atoms with E-state index in [2.05, 4.69) is 30.5 Å². The first kappa shape index (κ1) is 13.4. The second-order valence-electron chi connectivity index (χ2n) is 6.32. The van der Waals surface area contributed by atoms with Crippen molar-refractivity contribution in [3.8, 4) is 0 Å². The summed E-state index contributed by atoms with van der Waals surface area (Å²) in [6, 6.07) is 6.14. The lowest BCUT2D eigenvalue weighted by molar-refractivity contribution is -0.0615. The topological polar surface area (TPSA) is 50.4 Å². The summed E-state index contributed by atoms with van der Waals surface area (Å²) in [5.41, 5.74) is 3.00. The van der Waals surface area contributed by atoms with Crippen LogP contribution in [0.1, 0.15) is 42.6 Å². The SMILES string of the molecule is CC1(C)CC(NC(=O)c2ccc3c(c2)NCC3)CCO1. The highest BCUT2D eigenvalue weighted by atomic mass is 16.5. The van der Waals surface area contributed by atoms with E-state index in [0.29, 0.717) is 6.61 Å². The first-order chi connectivity index (χ1) is 9.53. The zero-order valence-corrected chi connectivity index (χ0v) is 12.2. The molecule has 0 radical (unpaired) electrons. The molecule has 0 saturated carbocycles. The summed E-state index contributed by atoms with van der Waals surface area (Å²) in [7, 11) is 0. The fourth-order valence-electron chi connectivity index (χ4n) is 3.06. The number of ether oxygens (including phenoxy) is 1. The van der Waals surface area contributed by atoms with Crippen LogP contribution in [0.2, 0.25) is 0 Å². The van der Waals surface area contributed by atoms with Crippen molar-refractivity contribution in [3.63, 3.8) is 0 Å². The van der Waals surface area contributed by atoms with Gasteiger partial charge in [-0.1, -0.05) is 6.07 Å². The number of anilines is 1. The lowest BCUT2D eigenvalue weighted by Gasteiger charge is -2.35. The molecule has 2 N–H and O–H groups in total. The molecule has 108 valence electrons. The van der Waals surface area contributed by atoms with Crippen LogP contribution < -0.4 is 10.6 Å². The maximum atomic E-state index is 12.3. The largest absolute Gasteiger partial charge is 0.384 e. The normalized spacial score (nSPS) is 23.8. The number of benzene rings is 1. The molecule has 1 unspecified atom stereocenters. The molecular formula is C16H22N2O2. The van der Waals surface area contributed by atoms with Crippen LogP contribution in [-0.4, -0.2) is 30.7 Å². The summed E-state index contributed by atoms with van der Waals surface area (Å²) in [4.78, 5) is 12.3. The highest BCUT2D eigenvalue weighted by Crippen LogP contribution is 2.25. The van der Waals surface area contributed by atoms with Crippen molar-refractivity contribution >= 4 is 11.6 Å². The Labute approximate surface area is 119 Å². The van der Waals surface area contributed by atoms with E-state index in [0.717, 1.165) is 37.1 Å². The van der Waals surface area contributed by atoms with Crippen molar-refractivity contribution < 1.29 is 9.53 Å². The third kappa shape index (κ3) is 2.80. The predicted octanol–water partition coefficient (Wildman–Crippen LogP) is 2.34. The Balaban J connectivity index is 1.67. The molecule has 4 nitrogen and oxygen atoms in total. The highest BCUT2D eigenvalue weighted by Gasteiger charge is 2.29. The maximum Gasteiger partial charge on any atom is 0.251 e. The third-order valence-electron chi connectivity index (χ3n) is 4.11. The van der Waals surface area contributed by atoms with Gasteiger partial charge in [0.05, 0.1) is 5.60 Å². The van der Waals surface area contributed by atoms with E-state index in [1.807, 2.05) is 12.1 Å². The van der Waals surface area contributed by atoms with Crippen LogP contribution in [0.15, 0.2) is 18.2 Å².